The molecule has 0 aliphatic rings. The highest BCUT2D eigenvalue weighted by Crippen LogP contribution is 2.18. The van der Waals surface area contributed by atoms with Crippen molar-refractivity contribution in [1.82, 2.24) is 0 Å². The lowest BCUT2D eigenvalue weighted by molar-refractivity contribution is -0.412. The second kappa shape index (κ2) is 4.56. The number of nitrogens with two attached hydrogens (primary N) is 1. The Morgan fingerprint density at radius 2 is 1.79 bits per heavy atom. The molecule has 0 aliphatic carbocycles. The van der Waals surface area contributed by atoms with E-state index in [4.69, 9.17) is 5.41 Å². The first-order valence-electron chi connectivity index (χ1n) is 4.61. The van der Waals surface area contributed by atoms with Gasteiger partial charge in [-0.2, -0.15) is 5.43 Å². The predicted octanol–water partition coefficient (Wildman–Crippen LogP) is -1.08. The quantitative estimate of drug-likeness (QED) is 0.413. The fourth-order valence-electron chi connectivity index (χ4n) is 1.26. The van der Waals surface area contributed by atoms with E-state index in [1.54, 1.807) is 6.21 Å². The molecule has 0 fully saturated rings. The van der Waals surface area contributed by atoms with E-state index in [0.717, 1.165) is 5.69 Å². The van der Waals surface area contributed by atoms with Gasteiger partial charge >= 0.3 is 0 Å². The smallest absolute Gasteiger partial charge is 0.253 e. The molecule has 74 valence electrons. The zero-order valence-corrected chi connectivity index (χ0v) is 8.89. The van der Waals surface area contributed by atoms with E-state index in [2.05, 4.69) is 43.4 Å². The Hall–Kier alpha value is -1.64. The van der Waals surface area contributed by atoms with E-state index in [-0.39, 0.29) is 0 Å². The Kier molecular flexibility index (Phi) is 3.40. The lowest BCUT2D eigenvalue weighted by atomic mass is 10.1. The number of hydrogen-bond donors (Lipinski definition) is 3. The molecule has 1 aromatic rings. The molecule has 0 saturated carbocycles. The molecule has 0 saturated heterocycles. The first kappa shape index (κ1) is 10.4. The topological polar surface area (TPSA) is 51.6 Å². The van der Waals surface area contributed by atoms with Crippen molar-refractivity contribution in [3.63, 3.8) is 0 Å². The van der Waals surface area contributed by atoms with Gasteiger partial charge in [0.15, 0.2) is 0 Å². The zero-order chi connectivity index (χ0) is 10.6. The summed E-state index contributed by atoms with van der Waals surface area (Å²) < 4.78 is 0. The summed E-state index contributed by atoms with van der Waals surface area (Å²) in [5, 5.41) is 8.08. The fraction of sp³-hybridized carbons (Fsp3) is 0.273. The van der Waals surface area contributed by atoms with Crippen LogP contribution in [0.15, 0.2) is 12.1 Å². The molecule has 0 bridgehead atoms. The number of nitrogens with one attached hydrogen (secondary N) is 2. The van der Waals surface area contributed by atoms with Crippen LogP contribution in [0.4, 0.5) is 5.69 Å². The highest BCUT2D eigenvalue weighted by atomic mass is 15.3. The molecule has 14 heavy (non-hydrogen) atoms. The average molecular weight is 191 g/mol. The van der Waals surface area contributed by atoms with Crippen molar-refractivity contribution in [2.24, 2.45) is 0 Å². The lowest BCUT2D eigenvalue weighted by Gasteiger charge is -2.05. The summed E-state index contributed by atoms with van der Waals surface area (Å²) in [7, 11) is 0. The van der Waals surface area contributed by atoms with Gasteiger partial charge in [0, 0.05) is 0 Å². The molecule has 0 unspecified atom stereocenters. The largest absolute Gasteiger partial charge is 0.255 e. The minimum atomic E-state index is 1.08. The molecular weight excluding hydrogens is 174 g/mol. The maximum atomic E-state index is 5.20. The minimum absolute atomic E-state index is 1.08. The van der Waals surface area contributed by atoms with Crippen LogP contribution in [0.25, 0.3) is 0 Å². The van der Waals surface area contributed by atoms with Crippen molar-refractivity contribution in [2.45, 2.75) is 20.8 Å². The summed E-state index contributed by atoms with van der Waals surface area (Å²) in [6.07, 6.45) is 3.10. The standard InChI is InChI=1S/C11H15N3/c1-8-6-10(3)11(7-9(8)2)14-13-5-4-12/h4-7,12,14H,1-3H3/p+2/b12-4?,13-5-. The van der Waals surface area contributed by atoms with Gasteiger partial charge in [0.05, 0.1) is 5.69 Å². The normalized spacial score (nSPS) is 10.5. The molecule has 0 atom stereocenters. The van der Waals surface area contributed by atoms with E-state index in [1.807, 2.05) is 0 Å². The van der Waals surface area contributed by atoms with Crippen LogP contribution in [0, 0.1) is 20.8 Å². The summed E-state index contributed by atoms with van der Waals surface area (Å²) in [4.78, 5) is 0. The van der Waals surface area contributed by atoms with Crippen molar-refractivity contribution in [2.75, 3.05) is 5.43 Å². The molecule has 0 heterocycles. The van der Waals surface area contributed by atoms with E-state index in [1.165, 1.54) is 22.9 Å². The highest BCUT2D eigenvalue weighted by Gasteiger charge is 2.01. The first-order valence-corrected chi connectivity index (χ1v) is 4.61. The van der Waals surface area contributed by atoms with Gasteiger partial charge in [0.2, 0.25) is 6.21 Å². The maximum Gasteiger partial charge on any atom is 0.253 e. The van der Waals surface area contributed by atoms with Gasteiger partial charge < -0.3 is 0 Å². The maximum absolute atomic E-state index is 5.20. The van der Waals surface area contributed by atoms with E-state index >= 15 is 0 Å². The summed E-state index contributed by atoms with van der Waals surface area (Å²) in [6, 6.07) is 4.27. The van der Waals surface area contributed by atoms with Gasteiger partial charge in [-0.05, 0) is 43.5 Å². The fourth-order valence-corrected chi connectivity index (χ4v) is 1.26. The number of aryl methyl sites for hydroxylation is 3. The van der Waals surface area contributed by atoms with Crippen molar-refractivity contribution in [1.29, 1.82) is 0 Å². The Labute approximate surface area is 84.4 Å². The third kappa shape index (κ3) is 2.42. The number of hydrazone groups is 1. The minimum Gasteiger partial charge on any atom is -0.255 e. The predicted molar refractivity (Wildman–Crippen MR) is 59.3 cm³/mol. The number of anilines is 1. The molecule has 0 amide bonds. The summed E-state index contributed by atoms with van der Waals surface area (Å²) >= 11 is 0. The van der Waals surface area contributed by atoms with Crippen LogP contribution in [0.5, 0.6) is 0 Å². The van der Waals surface area contributed by atoms with Crippen LogP contribution in [0.1, 0.15) is 16.7 Å². The van der Waals surface area contributed by atoms with Gasteiger partial charge in [-0.15, -0.1) is 5.10 Å². The SMILES string of the molecule is Cc1cc(C)c(N/[NH+]=C\C=[NH2+])cc1C. The zero-order valence-electron chi connectivity index (χ0n) is 8.89. The highest BCUT2D eigenvalue weighted by molar-refractivity contribution is 6.09. The van der Waals surface area contributed by atoms with Crippen LogP contribution >= 0.6 is 0 Å². The Bertz CT molecular complexity index is 367. The first-order chi connectivity index (χ1) is 6.65. The summed E-state index contributed by atoms with van der Waals surface area (Å²) in [6.45, 7) is 6.28. The van der Waals surface area contributed by atoms with Crippen molar-refractivity contribution >= 4 is 18.1 Å². The second-order valence-electron chi connectivity index (χ2n) is 3.38. The molecule has 3 nitrogen and oxygen atoms in total. The van der Waals surface area contributed by atoms with Gasteiger partial charge in [-0.1, -0.05) is 6.07 Å². The van der Waals surface area contributed by atoms with E-state index < -0.39 is 0 Å². The average Bonchev–Trinajstić information content (AvgIpc) is 2.14. The van der Waals surface area contributed by atoms with Crippen LogP contribution in [0.3, 0.4) is 0 Å². The van der Waals surface area contributed by atoms with Crippen LogP contribution in [0.2, 0.25) is 0 Å². The van der Waals surface area contributed by atoms with Crippen molar-refractivity contribution < 1.29 is 10.5 Å². The van der Waals surface area contributed by atoms with Gasteiger partial charge in [-0.25, -0.2) is 0 Å². The number of hydrogen-bond acceptors (Lipinski definition) is 1. The van der Waals surface area contributed by atoms with Crippen LogP contribution < -0.4 is 15.9 Å². The van der Waals surface area contributed by atoms with Crippen molar-refractivity contribution in [3.8, 4) is 0 Å². The molecule has 3 heteroatoms. The molecule has 0 radical (unpaired) electrons. The summed E-state index contributed by atoms with van der Waals surface area (Å²) in [5.74, 6) is 0. The molecule has 1 rings (SSSR count). The van der Waals surface area contributed by atoms with Crippen LogP contribution in [-0.2, 0) is 0 Å². The van der Waals surface area contributed by atoms with Crippen LogP contribution in [-0.4, -0.2) is 12.4 Å². The Morgan fingerprint density at radius 1 is 1.14 bits per heavy atom. The molecule has 0 spiro atoms. The third-order valence-electron chi connectivity index (χ3n) is 2.23. The van der Waals surface area contributed by atoms with Gasteiger partial charge in [-0.3, -0.25) is 5.41 Å². The molecular formula is C11H17N3+2. The molecule has 0 aromatic heterocycles. The summed E-state index contributed by atoms with van der Waals surface area (Å²) in [5.41, 5.74) is 7.94. The number of benzene rings is 1. The number of hydrazine groups is 1. The lowest BCUT2D eigenvalue weighted by Crippen LogP contribution is -2.75. The second-order valence-corrected chi connectivity index (χ2v) is 3.38. The third-order valence-corrected chi connectivity index (χ3v) is 2.23. The number of rotatable bonds is 3. The Morgan fingerprint density at radius 3 is 2.43 bits per heavy atom. The van der Waals surface area contributed by atoms with Gasteiger partial charge in [0.25, 0.3) is 6.21 Å². The van der Waals surface area contributed by atoms with Crippen molar-refractivity contribution in [3.05, 3.63) is 28.8 Å². The molecule has 4 N–H and O–H groups in total. The monoisotopic (exact) mass is 191 g/mol. The Balaban J connectivity index is 2.92. The molecule has 0 aliphatic heterocycles. The van der Waals surface area contributed by atoms with E-state index in [0.29, 0.717) is 0 Å². The van der Waals surface area contributed by atoms with E-state index in [9.17, 15) is 0 Å². The molecule has 1 aromatic carbocycles. The van der Waals surface area contributed by atoms with Gasteiger partial charge in [0.1, 0.15) is 0 Å².